The van der Waals surface area contributed by atoms with Crippen molar-refractivity contribution in [2.45, 2.75) is 18.9 Å². The molecule has 22 heavy (non-hydrogen) atoms. The van der Waals surface area contributed by atoms with E-state index in [1.165, 1.54) is 13.0 Å². The Balaban J connectivity index is 1.54. The molecule has 2 fully saturated rings. The van der Waals surface area contributed by atoms with Crippen molar-refractivity contribution >= 4 is 11.4 Å². The van der Waals surface area contributed by atoms with Crippen LogP contribution in [0.5, 0.6) is 0 Å². The van der Waals surface area contributed by atoms with E-state index in [2.05, 4.69) is 16.3 Å². The van der Waals surface area contributed by atoms with Gasteiger partial charge in [-0.25, -0.2) is 0 Å². The molecular weight excluding hydrogens is 276 g/mol. The van der Waals surface area contributed by atoms with Crippen LogP contribution in [0, 0.1) is 17.2 Å². The Morgan fingerprint density at radius 1 is 1.27 bits per heavy atom. The van der Waals surface area contributed by atoms with Gasteiger partial charge in [-0.2, -0.15) is 5.26 Å². The topological polar surface area (TPSA) is 60.5 Å². The molecule has 5 nitrogen and oxygen atoms in total. The molecular formula is C17H18N4O. The zero-order valence-corrected chi connectivity index (χ0v) is 12.3. The number of piperidine rings is 1. The summed E-state index contributed by atoms with van der Waals surface area (Å²) in [4.78, 5) is 14.9. The number of carbonyl (C=O) groups is 1. The minimum Gasteiger partial charge on any atom is -0.348 e. The lowest BCUT2D eigenvalue weighted by Gasteiger charge is -2.30. The maximum Gasteiger partial charge on any atom is 0.253 e. The molecule has 2 saturated heterocycles. The first-order chi connectivity index (χ1) is 10.7. The number of carbonyl (C=O) groups excluding carboxylic acids is 1. The van der Waals surface area contributed by atoms with Crippen molar-refractivity contribution in [2.24, 2.45) is 5.92 Å². The number of nitrogens with zero attached hydrogens (tertiary/aromatic N) is 3. The van der Waals surface area contributed by atoms with E-state index in [9.17, 15) is 4.79 Å². The van der Waals surface area contributed by atoms with E-state index in [1.807, 2.05) is 18.2 Å². The van der Waals surface area contributed by atoms with Gasteiger partial charge in [0.05, 0.1) is 5.56 Å². The molecule has 3 atom stereocenters. The number of fused-ring (bicyclic) bond motifs is 3. The number of nitrogens with one attached hydrogen (secondary N) is 1. The molecule has 4 rings (SSSR count). The monoisotopic (exact) mass is 294 g/mol. The van der Waals surface area contributed by atoms with Gasteiger partial charge in [0, 0.05) is 30.8 Å². The Kier molecular flexibility index (Phi) is 3.12. The number of pyridine rings is 1. The number of nitriles is 1. The second kappa shape index (κ2) is 5.15. The summed E-state index contributed by atoms with van der Waals surface area (Å²) in [5.41, 5.74) is 2.08. The standard InChI is InChI=1S/C17H18N4O/c18-8-16-4-3-15-2-1-13(10-21(15)16)17(22)19-14-7-12-5-6-20(9-12)11-14/h1-4,10,12,14H,5-7,9,11H2,(H,19,22)/t12-,14-/m1/s1. The highest BCUT2D eigenvalue weighted by molar-refractivity contribution is 5.94. The summed E-state index contributed by atoms with van der Waals surface area (Å²) in [6.45, 7) is 3.31. The second-order valence-corrected chi connectivity index (χ2v) is 6.36. The summed E-state index contributed by atoms with van der Waals surface area (Å²) in [6.07, 6.45) is 4.09. The van der Waals surface area contributed by atoms with Gasteiger partial charge < -0.3 is 14.6 Å². The largest absolute Gasteiger partial charge is 0.348 e. The second-order valence-electron chi connectivity index (χ2n) is 6.36. The average molecular weight is 294 g/mol. The van der Waals surface area contributed by atoms with Gasteiger partial charge in [-0.1, -0.05) is 0 Å². The van der Waals surface area contributed by atoms with Gasteiger partial charge in [-0.3, -0.25) is 4.79 Å². The molecule has 2 bridgehead atoms. The minimum atomic E-state index is -0.0491. The third-order valence-electron chi connectivity index (χ3n) is 4.83. The quantitative estimate of drug-likeness (QED) is 0.916. The molecule has 2 aromatic rings. The number of hydrogen-bond donors (Lipinski definition) is 1. The number of aromatic nitrogens is 1. The van der Waals surface area contributed by atoms with E-state index in [0.717, 1.165) is 30.9 Å². The lowest BCUT2D eigenvalue weighted by atomic mass is 9.96. The maximum absolute atomic E-state index is 12.5. The van der Waals surface area contributed by atoms with Crippen LogP contribution in [0.3, 0.4) is 0 Å². The molecule has 5 heteroatoms. The van der Waals surface area contributed by atoms with Crippen molar-refractivity contribution in [1.82, 2.24) is 14.6 Å². The SMILES string of the molecule is N#Cc1ccc2ccc(C(=O)N[C@@H]3C[C@H]4CCN(C4)C3)cn12. The first kappa shape index (κ1) is 13.4. The Labute approximate surface area is 129 Å². The normalized spacial score (nSPS) is 26.8. The molecule has 2 aliphatic heterocycles. The molecule has 1 amide bonds. The molecule has 0 aromatic carbocycles. The molecule has 0 aliphatic carbocycles. The van der Waals surface area contributed by atoms with Crippen LogP contribution in [0.4, 0.5) is 0 Å². The van der Waals surface area contributed by atoms with Crippen LogP contribution < -0.4 is 5.32 Å². The lowest BCUT2D eigenvalue weighted by Crippen LogP contribution is -2.47. The Morgan fingerprint density at radius 3 is 2.95 bits per heavy atom. The van der Waals surface area contributed by atoms with E-state index < -0.39 is 0 Å². The summed E-state index contributed by atoms with van der Waals surface area (Å²) >= 11 is 0. The number of rotatable bonds is 2. The molecule has 4 heterocycles. The Bertz CT molecular complexity index is 761. The summed E-state index contributed by atoms with van der Waals surface area (Å²) in [6, 6.07) is 9.73. The van der Waals surface area contributed by atoms with Gasteiger partial charge in [-0.05, 0) is 49.6 Å². The average Bonchev–Trinajstić information content (AvgIpc) is 3.09. The van der Waals surface area contributed by atoms with E-state index in [1.54, 1.807) is 16.7 Å². The van der Waals surface area contributed by atoms with Crippen LogP contribution in [-0.2, 0) is 0 Å². The third-order valence-corrected chi connectivity index (χ3v) is 4.83. The van der Waals surface area contributed by atoms with Gasteiger partial charge in [0.25, 0.3) is 5.91 Å². The van der Waals surface area contributed by atoms with Gasteiger partial charge >= 0.3 is 0 Å². The van der Waals surface area contributed by atoms with Crippen molar-refractivity contribution in [3.8, 4) is 6.07 Å². The molecule has 112 valence electrons. The minimum absolute atomic E-state index is 0.0491. The van der Waals surface area contributed by atoms with Gasteiger partial charge in [0.15, 0.2) is 0 Å². The number of amides is 1. The zero-order chi connectivity index (χ0) is 15.1. The summed E-state index contributed by atoms with van der Waals surface area (Å²) in [7, 11) is 0. The summed E-state index contributed by atoms with van der Waals surface area (Å²) in [5.74, 6) is 0.683. The van der Waals surface area contributed by atoms with Crippen molar-refractivity contribution in [1.29, 1.82) is 5.26 Å². The fourth-order valence-corrected chi connectivity index (χ4v) is 3.76. The van der Waals surface area contributed by atoms with Crippen molar-refractivity contribution in [3.63, 3.8) is 0 Å². The maximum atomic E-state index is 12.5. The van der Waals surface area contributed by atoms with Crippen LogP contribution in [-0.4, -0.2) is 40.9 Å². The van der Waals surface area contributed by atoms with Crippen LogP contribution in [0.25, 0.3) is 5.52 Å². The highest BCUT2D eigenvalue weighted by Crippen LogP contribution is 2.26. The van der Waals surface area contributed by atoms with Crippen molar-refractivity contribution in [3.05, 3.63) is 41.7 Å². The zero-order valence-electron chi connectivity index (χ0n) is 12.3. The lowest BCUT2D eigenvalue weighted by molar-refractivity contribution is 0.0909. The summed E-state index contributed by atoms with van der Waals surface area (Å²) < 4.78 is 1.77. The molecule has 1 N–H and O–H groups in total. The molecule has 0 spiro atoms. The molecule has 1 unspecified atom stereocenters. The molecule has 0 saturated carbocycles. The van der Waals surface area contributed by atoms with Crippen LogP contribution in [0.1, 0.15) is 28.9 Å². The first-order valence-electron chi connectivity index (χ1n) is 7.77. The fourth-order valence-electron chi connectivity index (χ4n) is 3.76. The van der Waals surface area contributed by atoms with E-state index in [0.29, 0.717) is 11.3 Å². The van der Waals surface area contributed by atoms with Gasteiger partial charge in [0.1, 0.15) is 11.8 Å². The highest BCUT2D eigenvalue weighted by atomic mass is 16.1. The predicted octanol–water partition coefficient (Wildman–Crippen LogP) is 1.63. The fraction of sp³-hybridized carbons (Fsp3) is 0.412. The van der Waals surface area contributed by atoms with Crippen LogP contribution >= 0.6 is 0 Å². The van der Waals surface area contributed by atoms with Crippen LogP contribution in [0.15, 0.2) is 30.5 Å². The van der Waals surface area contributed by atoms with Crippen LogP contribution in [0.2, 0.25) is 0 Å². The first-order valence-corrected chi connectivity index (χ1v) is 7.77. The van der Waals surface area contributed by atoms with Crippen molar-refractivity contribution in [2.75, 3.05) is 19.6 Å². The predicted molar refractivity (Wildman–Crippen MR) is 82.5 cm³/mol. The van der Waals surface area contributed by atoms with E-state index in [-0.39, 0.29) is 11.9 Å². The summed E-state index contributed by atoms with van der Waals surface area (Å²) in [5, 5.41) is 12.3. The van der Waals surface area contributed by atoms with Gasteiger partial charge in [0.2, 0.25) is 0 Å². The molecule has 2 aliphatic rings. The number of hydrogen-bond acceptors (Lipinski definition) is 3. The smallest absolute Gasteiger partial charge is 0.253 e. The Morgan fingerprint density at radius 2 is 2.14 bits per heavy atom. The van der Waals surface area contributed by atoms with E-state index >= 15 is 0 Å². The molecule has 2 aromatic heterocycles. The Hall–Kier alpha value is -2.32. The highest BCUT2D eigenvalue weighted by Gasteiger charge is 2.32. The third kappa shape index (κ3) is 2.26. The van der Waals surface area contributed by atoms with E-state index in [4.69, 9.17) is 5.26 Å². The van der Waals surface area contributed by atoms with Crippen molar-refractivity contribution < 1.29 is 4.79 Å². The van der Waals surface area contributed by atoms with Gasteiger partial charge in [-0.15, -0.1) is 0 Å². The molecule has 0 radical (unpaired) electrons.